The number of nitrogens with zero attached hydrogens (tertiary/aromatic N) is 4. The van der Waals surface area contributed by atoms with Gasteiger partial charge in [-0.25, -0.2) is 9.97 Å². The Labute approximate surface area is 148 Å². The van der Waals surface area contributed by atoms with Crippen molar-refractivity contribution in [3.05, 3.63) is 59.5 Å². The second-order valence-corrected chi connectivity index (χ2v) is 6.74. The van der Waals surface area contributed by atoms with Crippen LogP contribution in [0.3, 0.4) is 0 Å². The standard InChI is InChI=1S/C17H15N5O2S/c1-10-14-15(11-4-2-5-12(23)8-11)25-9-13(24)20-16(14)22(21-10)17-18-6-3-7-19-17/h2-8,15,23H,9H2,1H3,(H,20,24). The summed E-state index contributed by atoms with van der Waals surface area (Å²) >= 11 is 1.50. The second-order valence-electron chi connectivity index (χ2n) is 5.64. The SMILES string of the molecule is Cc1nn(-c2ncccn2)c2c1C(c1cccc(O)c1)SCC(=O)N2. The van der Waals surface area contributed by atoms with Crippen LogP contribution in [-0.4, -0.2) is 36.5 Å². The molecule has 8 heteroatoms. The van der Waals surface area contributed by atoms with E-state index in [4.69, 9.17) is 0 Å². The maximum atomic E-state index is 12.2. The summed E-state index contributed by atoms with van der Waals surface area (Å²) in [4.78, 5) is 20.7. The lowest BCUT2D eigenvalue weighted by atomic mass is 10.0. The number of rotatable bonds is 2. The van der Waals surface area contributed by atoms with Gasteiger partial charge in [0.1, 0.15) is 11.6 Å². The van der Waals surface area contributed by atoms with Crippen LogP contribution in [0.25, 0.3) is 5.95 Å². The summed E-state index contributed by atoms with van der Waals surface area (Å²) in [5, 5.41) is 17.2. The van der Waals surface area contributed by atoms with Gasteiger partial charge in [-0.15, -0.1) is 11.8 Å². The number of carbonyl (C=O) groups is 1. The predicted molar refractivity (Wildman–Crippen MR) is 94.9 cm³/mol. The normalized spacial score (nSPS) is 16.8. The number of phenols is 1. The van der Waals surface area contributed by atoms with E-state index in [0.717, 1.165) is 16.8 Å². The molecule has 3 aromatic rings. The number of anilines is 1. The van der Waals surface area contributed by atoms with Crippen molar-refractivity contribution in [3.63, 3.8) is 0 Å². The molecule has 0 saturated heterocycles. The van der Waals surface area contributed by atoms with Gasteiger partial charge in [0.15, 0.2) is 0 Å². The number of amides is 1. The average Bonchev–Trinajstić information content (AvgIpc) is 2.82. The summed E-state index contributed by atoms with van der Waals surface area (Å²) in [6, 6.07) is 8.80. The van der Waals surface area contributed by atoms with E-state index < -0.39 is 0 Å². The van der Waals surface area contributed by atoms with E-state index >= 15 is 0 Å². The molecule has 3 heterocycles. The summed E-state index contributed by atoms with van der Waals surface area (Å²) in [5.74, 6) is 1.37. The van der Waals surface area contributed by atoms with Gasteiger partial charge in [0, 0.05) is 18.0 Å². The van der Waals surface area contributed by atoms with E-state index in [1.807, 2.05) is 13.0 Å². The summed E-state index contributed by atoms with van der Waals surface area (Å²) < 4.78 is 1.56. The number of nitrogens with one attached hydrogen (secondary N) is 1. The van der Waals surface area contributed by atoms with Crippen molar-refractivity contribution >= 4 is 23.5 Å². The zero-order chi connectivity index (χ0) is 17.4. The molecule has 0 fully saturated rings. The quantitative estimate of drug-likeness (QED) is 0.735. The lowest BCUT2D eigenvalue weighted by Gasteiger charge is -2.15. The first-order valence-electron chi connectivity index (χ1n) is 7.71. The van der Waals surface area contributed by atoms with E-state index in [1.54, 1.807) is 41.3 Å². The van der Waals surface area contributed by atoms with E-state index in [0.29, 0.717) is 17.5 Å². The number of carbonyl (C=O) groups excluding carboxylic acids is 1. The highest BCUT2D eigenvalue weighted by molar-refractivity contribution is 8.00. The molecule has 126 valence electrons. The Hall–Kier alpha value is -2.87. The van der Waals surface area contributed by atoms with Crippen LogP contribution in [0.15, 0.2) is 42.7 Å². The van der Waals surface area contributed by atoms with Crippen LogP contribution >= 0.6 is 11.8 Å². The Bertz CT molecular complexity index is 941. The highest BCUT2D eigenvalue weighted by Crippen LogP contribution is 2.44. The number of aryl methyl sites for hydroxylation is 1. The fraction of sp³-hybridized carbons (Fsp3) is 0.176. The maximum Gasteiger partial charge on any atom is 0.252 e. The fourth-order valence-corrected chi connectivity index (χ4v) is 4.06. The second kappa shape index (κ2) is 6.21. The molecule has 7 nitrogen and oxygen atoms in total. The molecule has 1 aliphatic heterocycles. The van der Waals surface area contributed by atoms with Gasteiger partial charge >= 0.3 is 0 Å². The molecule has 0 aliphatic carbocycles. The minimum Gasteiger partial charge on any atom is -0.508 e. The molecule has 2 aromatic heterocycles. The van der Waals surface area contributed by atoms with Gasteiger partial charge in [0.25, 0.3) is 5.95 Å². The largest absolute Gasteiger partial charge is 0.508 e. The summed E-state index contributed by atoms with van der Waals surface area (Å²) in [6.45, 7) is 1.89. The third-order valence-corrected chi connectivity index (χ3v) is 5.19. The van der Waals surface area contributed by atoms with Crippen LogP contribution in [0.2, 0.25) is 0 Å². The summed E-state index contributed by atoms with van der Waals surface area (Å²) in [6.07, 6.45) is 3.26. The van der Waals surface area contributed by atoms with Gasteiger partial charge in [-0.3, -0.25) is 4.79 Å². The zero-order valence-corrected chi connectivity index (χ0v) is 14.2. The van der Waals surface area contributed by atoms with Gasteiger partial charge in [0.2, 0.25) is 5.91 Å². The van der Waals surface area contributed by atoms with Crippen LogP contribution in [0.4, 0.5) is 5.82 Å². The Morgan fingerprint density at radius 3 is 2.84 bits per heavy atom. The summed E-state index contributed by atoms with van der Waals surface area (Å²) in [7, 11) is 0. The molecule has 0 spiro atoms. The number of aromatic hydroxyl groups is 1. The Kier molecular flexibility index (Phi) is 3.89. The highest BCUT2D eigenvalue weighted by atomic mass is 32.2. The van der Waals surface area contributed by atoms with Crippen LogP contribution in [0, 0.1) is 6.92 Å². The molecule has 4 rings (SSSR count). The van der Waals surface area contributed by atoms with Crippen LogP contribution in [0.1, 0.15) is 22.1 Å². The first kappa shape index (κ1) is 15.6. The third-order valence-electron chi connectivity index (χ3n) is 3.92. The molecular formula is C17H15N5O2S. The van der Waals surface area contributed by atoms with Crippen molar-refractivity contribution in [2.24, 2.45) is 0 Å². The van der Waals surface area contributed by atoms with Gasteiger partial charge in [-0.1, -0.05) is 12.1 Å². The van der Waals surface area contributed by atoms with Gasteiger partial charge in [-0.05, 0) is 30.7 Å². The van der Waals surface area contributed by atoms with Crippen molar-refractivity contribution in [1.82, 2.24) is 19.7 Å². The first-order valence-corrected chi connectivity index (χ1v) is 8.75. The number of fused-ring (bicyclic) bond motifs is 1. The van der Waals surface area contributed by atoms with E-state index in [2.05, 4.69) is 20.4 Å². The molecule has 1 aliphatic rings. The van der Waals surface area contributed by atoms with E-state index in [1.165, 1.54) is 11.8 Å². The van der Waals surface area contributed by atoms with Crippen LogP contribution in [-0.2, 0) is 4.79 Å². The molecule has 0 saturated carbocycles. The zero-order valence-electron chi connectivity index (χ0n) is 13.4. The average molecular weight is 353 g/mol. The van der Waals surface area contributed by atoms with Crippen LogP contribution in [0.5, 0.6) is 5.75 Å². The first-order chi connectivity index (χ1) is 12.1. The van der Waals surface area contributed by atoms with Gasteiger partial charge in [-0.2, -0.15) is 9.78 Å². The smallest absolute Gasteiger partial charge is 0.252 e. The topological polar surface area (TPSA) is 92.9 Å². The molecule has 25 heavy (non-hydrogen) atoms. The molecule has 2 N–H and O–H groups in total. The number of hydrogen-bond acceptors (Lipinski definition) is 6. The monoisotopic (exact) mass is 353 g/mol. The van der Waals surface area contributed by atoms with E-state index in [9.17, 15) is 9.90 Å². The fourth-order valence-electron chi connectivity index (χ4n) is 2.88. The lowest BCUT2D eigenvalue weighted by Crippen LogP contribution is -2.16. The number of benzene rings is 1. The highest BCUT2D eigenvalue weighted by Gasteiger charge is 2.31. The Morgan fingerprint density at radius 1 is 1.28 bits per heavy atom. The predicted octanol–water partition coefficient (Wildman–Crippen LogP) is 2.45. The molecule has 1 amide bonds. The lowest BCUT2D eigenvalue weighted by molar-refractivity contribution is -0.113. The molecule has 1 unspecified atom stereocenters. The third kappa shape index (κ3) is 2.85. The number of phenolic OH excluding ortho intramolecular Hbond substituents is 1. The number of thioether (sulfide) groups is 1. The maximum absolute atomic E-state index is 12.2. The minimum atomic E-state index is -0.126. The molecule has 1 aromatic carbocycles. The van der Waals surface area contributed by atoms with Crippen molar-refractivity contribution in [2.45, 2.75) is 12.2 Å². The van der Waals surface area contributed by atoms with Crippen molar-refractivity contribution in [3.8, 4) is 11.7 Å². The Morgan fingerprint density at radius 2 is 2.08 bits per heavy atom. The number of hydrogen-bond donors (Lipinski definition) is 2. The van der Waals surface area contributed by atoms with Crippen molar-refractivity contribution in [2.75, 3.05) is 11.1 Å². The van der Waals surface area contributed by atoms with Crippen LogP contribution < -0.4 is 5.32 Å². The molecule has 1 atom stereocenters. The molecule has 0 radical (unpaired) electrons. The molecule has 0 bridgehead atoms. The van der Waals surface area contributed by atoms with E-state index in [-0.39, 0.29) is 16.9 Å². The Balaban J connectivity index is 1.90. The summed E-state index contributed by atoms with van der Waals surface area (Å²) in [5.41, 5.74) is 2.60. The van der Waals surface area contributed by atoms with Crippen molar-refractivity contribution in [1.29, 1.82) is 0 Å². The van der Waals surface area contributed by atoms with Gasteiger partial charge < -0.3 is 10.4 Å². The van der Waals surface area contributed by atoms with Gasteiger partial charge in [0.05, 0.1) is 16.7 Å². The number of aromatic nitrogens is 4. The molecular weight excluding hydrogens is 338 g/mol. The van der Waals surface area contributed by atoms with Crippen molar-refractivity contribution < 1.29 is 9.90 Å². The minimum absolute atomic E-state index is 0.106.